The quantitative estimate of drug-likeness (QED) is 0.924. The molecule has 1 N–H and O–H groups in total. The van der Waals surface area contributed by atoms with E-state index >= 15 is 0 Å². The molecular formula is C13H16N2O2S. The SMILES string of the molecule is COc1ccc2nc(C3CC(OC)CN3)sc2c1. The molecule has 2 heterocycles. The molecule has 1 aliphatic heterocycles. The zero-order valence-corrected chi connectivity index (χ0v) is 11.3. The number of thiazole rings is 1. The Bertz CT molecular complexity index is 555. The molecule has 0 aliphatic carbocycles. The van der Waals surface area contributed by atoms with Gasteiger partial charge < -0.3 is 14.8 Å². The van der Waals surface area contributed by atoms with Crippen molar-refractivity contribution in [3.8, 4) is 5.75 Å². The number of aromatic nitrogens is 1. The summed E-state index contributed by atoms with van der Waals surface area (Å²) >= 11 is 1.73. The second-order valence-corrected chi connectivity index (χ2v) is 5.50. The van der Waals surface area contributed by atoms with Crippen LogP contribution in [-0.2, 0) is 4.74 Å². The number of hydrogen-bond acceptors (Lipinski definition) is 5. The third-order valence-corrected chi connectivity index (χ3v) is 4.47. The number of ether oxygens (including phenoxy) is 2. The number of fused-ring (bicyclic) bond motifs is 1. The Morgan fingerprint density at radius 1 is 1.39 bits per heavy atom. The van der Waals surface area contributed by atoms with Crippen LogP contribution in [0.25, 0.3) is 10.2 Å². The molecule has 0 amide bonds. The van der Waals surface area contributed by atoms with E-state index in [1.54, 1.807) is 25.6 Å². The first kappa shape index (κ1) is 11.9. The Kier molecular flexibility index (Phi) is 3.20. The first-order chi connectivity index (χ1) is 8.80. The van der Waals surface area contributed by atoms with Gasteiger partial charge in [-0.3, -0.25) is 0 Å². The predicted octanol–water partition coefficient (Wildman–Crippen LogP) is 2.35. The Hall–Kier alpha value is -1.17. The van der Waals surface area contributed by atoms with Crippen molar-refractivity contribution in [1.82, 2.24) is 10.3 Å². The molecule has 1 aliphatic rings. The number of nitrogens with zero attached hydrogens (tertiary/aromatic N) is 1. The van der Waals surface area contributed by atoms with Gasteiger partial charge in [-0.15, -0.1) is 11.3 Å². The van der Waals surface area contributed by atoms with Crippen molar-refractivity contribution >= 4 is 21.6 Å². The molecule has 4 nitrogen and oxygen atoms in total. The first-order valence-electron chi connectivity index (χ1n) is 6.01. The third-order valence-electron chi connectivity index (χ3n) is 3.33. The topological polar surface area (TPSA) is 43.4 Å². The van der Waals surface area contributed by atoms with Crippen LogP contribution in [0.1, 0.15) is 17.5 Å². The lowest BCUT2D eigenvalue weighted by Gasteiger charge is -2.05. The van der Waals surface area contributed by atoms with Crippen molar-refractivity contribution in [2.24, 2.45) is 0 Å². The van der Waals surface area contributed by atoms with Crippen molar-refractivity contribution in [2.45, 2.75) is 18.6 Å². The van der Waals surface area contributed by atoms with Crippen LogP contribution in [0.2, 0.25) is 0 Å². The molecule has 0 bridgehead atoms. The zero-order valence-electron chi connectivity index (χ0n) is 10.5. The lowest BCUT2D eigenvalue weighted by Crippen LogP contribution is -2.15. The molecule has 2 aromatic rings. The minimum absolute atomic E-state index is 0.302. The maximum absolute atomic E-state index is 5.37. The minimum Gasteiger partial charge on any atom is -0.497 e. The summed E-state index contributed by atoms with van der Waals surface area (Å²) in [5.74, 6) is 0.881. The second kappa shape index (κ2) is 4.84. The number of hydrogen-bond donors (Lipinski definition) is 1. The van der Waals surface area contributed by atoms with Crippen LogP contribution >= 0.6 is 11.3 Å². The summed E-state index contributed by atoms with van der Waals surface area (Å²) in [6.45, 7) is 0.903. The summed E-state index contributed by atoms with van der Waals surface area (Å²) < 4.78 is 11.8. The molecule has 5 heteroatoms. The van der Waals surface area contributed by atoms with Gasteiger partial charge in [0, 0.05) is 13.7 Å². The molecule has 1 fully saturated rings. The van der Waals surface area contributed by atoms with Gasteiger partial charge in [0.2, 0.25) is 0 Å². The summed E-state index contributed by atoms with van der Waals surface area (Å²) in [5, 5.41) is 4.59. The highest BCUT2D eigenvalue weighted by Crippen LogP contribution is 2.33. The minimum atomic E-state index is 0.302. The second-order valence-electron chi connectivity index (χ2n) is 4.44. The summed E-state index contributed by atoms with van der Waals surface area (Å²) in [6, 6.07) is 6.32. The van der Waals surface area contributed by atoms with Gasteiger partial charge in [-0.25, -0.2) is 4.98 Å². The van der Waals surface area contributed by atoms with E-state index in [9.17, 15) is 0 Å². The molecule has 1 saturated heterocycles. The highest BCUT2D eigenvalue weighted by Gasteiger charge is 2.27. The van der Waals surface area contributed by atoms with Crippen LogP contribution in [0.3, 0.4) is 0 Å². The van der Waals surface area contributed by atoms with E-state index in [4.69, 9.17) is 9.47 Å². The zero-order chi connectivity index (χ0) is 12.5. The molecule has 1 aromatic heterocycles. The number of methoxy groups -OCH3 is 2. The van der Waals surface area contributed by atoms with E-state index in [2.05, 4.69) is 10.3 Å². The Morgan fingerprint density at radius 3 is 3.00 bits per heavy atom. The van der Waals surface area contributed by atoms with Crippen LogP contribution < -0.4 is 10.1 Å². The van der Waals surface area contributed by atoms with Crippen molar-refractivity contribution in [3.05, 3.63) is 23.2 Å². The molecule has 0 saturated carbocycles. The van der Waals surface area contributed by atoms with Gasteiger partial charge in [0.1, 0.15) is 10.8 Å². The fourth-order valence-electron chi connectivity index (χ4n) is 2.27. The first-order valence-corrected chi connectivity index (χ1v) is 6.82. The smallest absolute Gasteiger partial charge is 0.120 e. The van der Waals surface area contributed by atoms with Gasteiger partial charge in [-0.05, 0) is 24.6 Å². The normalized spacial score (nSPS) is 23.7. The summed E-state index contributed by atoms with van der Waals surface area (Å²) in [6.07, 6.45) is 1.30. The Balaban J connectivity index is 1.89. The third kappa shape index (κ3) is 2.09. The van der Waals surface area contributed by atoms with E-state index < -0.39 is 0 Å². The van der Waals surface area contributed by atoms with Gasteiger partial charge >= 0.3 is 0 Å². The van der Waals surface area contributed by atoms with Gasteiger partial charge in [0.15, 0.2) is 0 Å². The van der Waals surface area contributed by atoms with E-state index in [0.29, 0.717) is 12.1 Å². The summed E-state index contributed by atoms with van der Waals surface area (Å²) in [7, 11) is 3.45. The molecule has 96 valence electrons. The molecule has 18 heavy (non-hydrogen) atoms. The van der Waals surface area contributed by atoms with Crippen molar-refractivity contribution in [1.29, 1.82) is 0 Å². The lowest BCUT2D eigenvalue weighted by molar-refractivity contribution is 0.117. The Morgan fingerprint density at radius 2 is 2.28 bits per heavy atom. The molecule has 0 spiro atoms. The van der Waals surface area contributed by atoms with Crippen LogP contribution in [-0.4, -0.2) is 31.9 Å². The standard InChI is InChI=1S/C13H16N2O2S/c1-16-8-3-4-10-12(6-8)18-13(15-10)11-5-9(17-2)7-14-11/h3-4,6,9,11,14H,5,7H2,1-2H3. The fraction of sp³-hybridized carbons (Fsp3) is 0.462. The van der Waals surface area contributed by atoms with E-state index in [1.807, 2.05) is 18.2 Å². The van der Waals surface area contributed by atoms with Crippen LogP contribution in [0.5, 0.6) is 5.75 Å². The number of rotatable bonds is 3. The largest absolute Gasteiger partial charge is 0.497 e. The number of benzene rings is 1. The lowest BCUT2D eigenvalue weighted by atomic mass is 10.2. The fourth-order valence-corrected chi connectivity index (χ4v) is 3.35. The van der Waals surface area contributed by atoms with Crippen LogP contribution in [0.15, 0.2) is 18.2 Å². The summed E-state index contributed by atoms with van der Waals surface area (Å²) in [5.41, 5.74) is 1.04. The molecule has 2 atom stereocenters. The van der Waals surface area contributed by atoms with Gasteiger partial charge in [0.25, 0.3) is 0 Å². The maximum atomic E-state index is 5.37. The summed E-state index contributed by atoms with van der Waals surface area (Å²) in [4.78, 5) is 4.68. The molecule has 0 radical (unpaired) electrons. The Labute approximate surface area is 110 Å². The van der Waals surface area contributed by atoms with Gasteiger partial charge in [0.05, 0.1) is 29.5 Å². The van der Waals surface area contributed by atoms with Gasteiger partial charge in [-0.2, -0.15) is 0 Å². The monoisotopic (exact) mass is 264 g/mol. The average molecular weight is 264 g/mol. The molecular weight excluding hydrogens is 248 g/mol. The predicted molar refractivity (Wildman–Crippen MR) is 72.3 cm³/mol. The van der Waals surface area contributed by atoms with Crippen LogP contribution in [0, 0.1) is 0 Å². The maximum Gasteiger partial charge on any atom is 0.120 e. The highest BCUT2D eigenvalue weighted by atomic mass is 32.1. The van der Waals surface area contributed by atoms with E-state index in [0.717, 1.165) is 29.2 Å². The van der Waals surface area contributed by atoms with Crippen molar-refractivity contribution in [3.63, 3.8) is 0 Å². The molecule has 1 aromatic carbocycles. The van der Waals surface area contributed by atoms with E-state index in [1.165, 1.54) is 4.70 Å². The van der Waals surface area contributed by atoms with Gasteiger partial charge in [-0.1, -0.05) is 0 Å². The van der Waals surface area contributed by atoms with Crippen molar-refractivity contribution < 1.29 is 9.47 Å². The van der Waals surface area contributed by atoms with Crippen LogP contribution in [0.4, 0.5) is 0 Å². The average Bonchev–Trinajstić information content (AvgIpc) is 3.03. The molecule has 2 unspecified atom stereocenters. The highest BCUT2D eigenvalue weighted by molar-refractivity contribution is 7.18. The van der Waals surface area contributed by atoms with Crippen molar-refractivity contribution in [2.75, 3.05) is 20.8 Å². The number of nitrogens with one attached hydrogen (secondary N) is 1. The van der Waals surface area contributed by atoms with E-state index in [-0.39, 0.29) is 0 Å². The molecule has 3 rings (SSSR count).